The number of carbonyl (C=O) groups excluding carboxylic acids is 1. The topological polar surface area (TPSA) is 113 Å². The second-order valence-corrected chi connectivity index (χ2v) is 4.28. The van der Waals surface area contributed by atoms with E-state index in [0.29, 0.717) is 12.1 Å². The van der Waals surface area contributed by atoms with Crippen molar-refractivity contribution < 1.29 is 19.8 Å². The number of phenols is 1. The molecule has 0 unspecified atom stereocenters. The Hall–Kier alpha value is -2.08. The molecule has 0 heterocycles. The quantitative estimate of drug-likeness (QED) is 0.624. The molecule has 0 aliphatic heterocycles. The second kappa shape index (κ2) is 6.75. The van der Waals surface area contributed by atoms with Crippen LogP contribution in [-0.4, -0.2) is 28.1 Å². The Morgan fingerprint density at radius 3 is 2.63 bits per heavy atom. The average Bonchev–Trinajstić information content (AvgIpc) is 2.35. The van der Waals surface area contributed by atoms with Gasteiger partial charge in [-0.25, -0.2) is 4.79 Å². The number of aromatic carboxylic acids is 1. The van der Waals surface area contributed by atoms with Crippen molar-refractivity contribution in [3.05, 3.63) is 23.8 Å². The Morgan fingerprint density at radius 2 is 2.11 bits per heavy atom. The molecule has 0 aliphatic carbocycles. The molecule has 19 heavy (non-hydrogen) atoms. The van der Waals surface area contributed by atoms with Crippen LogP contribution in [0.25, 0.3) is 0 Å². The molecule has 6 nitrogen and oxygen atoms in total. The lowest BCUT2D eigenvalue weighted by atomic mass is 10.1. The molecule has 1 atom stereocenters. The number of benzene rings is 1. The summed E-state index contributed by atoms with van der Waals surface area (Å²) < 4.78 is 0. The molecule has 0 spiro atoms. The van der Waals surface area contributed by atoms with E-state index in [1.807, 2.05) is 6.92 Å². The highest BCUT2D eigenvalue weighted by Crippen LogP contribution is 2.22. The fourth-order valence-corrected chi connectivity index (χ4v) is 1.58. The first-order valence-corrected chi connectivity index (χ1v) is 6.08. The second-order valence-electron chi connectivity index (χ2n) is 4.28. The van der Waals surface area contributed by atoms with Gasteiger partial charge in [-0.1, -0.05) is 19.8 Å². The van der Waals surface area contributed by atoms with Crippen LogP contribution in [0.2, 0.25) is 0 Å². The minimum Gasteiger partial charge on any atom is -0.507 e. The number of unbranched alkanes of at least 4 members (excludes halogenated alkanes) is 1. The van der Waals surface area contributed by atoms with E-state index in [4.69, 9.17) is 10.8 Å². The van der Waals surface area contributed by atoms with Gasteiger partial charge in [0.1, 0.15) is 11.3 Å². The summed E-state index contributed by atoms with van der Waals surface area (Å²) in [6.07, 6.45) is 2.40. The van der Waals surface area contributed by atoms with Gasteiger partial charge < -0.3 is 21.3 Å². The third-order valence-electron chi connectivity index (χ3n) is 2.70. The van der Waals surface area contributed by atoms with E-state index in [9.17, 15) is 14.7 Å². The number of nitrogens with two attached hydrogens (primary N) is 1. The molecule has 104 valence electrons. The zero-order valence-corrected chi connectivity index (χ0v) is 10.7. The van der Waals surface area contributed by atoms with E-state index in [0.717, 1.165) is 12.8 Å². The number of carboxylic acid groups (broad SMARTS) is 1. The largest absolute Gasteiger partial charge is 0.507 e. The monoisotopic (exact) mass is 266 g/mol. The molecule has 0 bridgehead atoms. The summed E-state index contributed by atoms with van der Waals surface area (Å²) in [5.41, 5.74) is 5.80. The van der Waals surface area contributed by atoms with Gasteiger partial charge in [-0.05, 0) is 18.6 Å². The van der Waals surface area contributed by atoms with Crippen LogP contribution in [0.15, 0.2) is 18.2 Å². The molecule has 0 aliphatic rings. The van der Waals surface area contributed by atoms with Crippen LogP contribution in [-0.2, 0) is 4.79 Å². The highest BCUT2D eigenvalue weighted by molar-refractivity contribution is 5.96. The van der Waals surface area contributed by atoms with Crippen molar-refractivity contribution in [1.82, 2.24) is 0 Å². The summed E-state index contributed by atoms with van der Waals surface area (Å²) in [5.74, 6) is -1.97. The van der Waals surface area contributed by atoms with Crippen LogP contribution >= 0.6 is 0 Å². The lowest BCUT2D eigenvalue weighted by Gasteiger charge is -2.12. The van der Waals surface area contributed by atoms with Crippen molar-refractivity contribution in [3.63, 3.8) is 0 Å². The van der Waals surface area contributed by atoms with Crippen LogP contribution in [0.5, 0.6) is 5.75 Å². The molecule has 0 saturated carbocycles. The van der Waals surface area contributed by atoms with Crippen molar-refractivity contribution in [2.75, 3.05) is 5.32 Å². The third-order valence-corrected chi connectivity index (χ3v) is 2.70. The highest BCUT2D eigenvalue weighted by atomic mass is 16.4. The van der Waals surface area contributed by atoms with Crippen molar-refractivity contribution in [1.29, 1.82) is 0 Å². The number of rotatable bonds is 6. The van der Waals surface area contributed by atoms with Gasteiger partial charge in [0.25, 0.3) is 0 Å². The van der Waals surface area contributed by atoms with E-state index in [1.165, 1.54) is 18.2 Å². The first-order chi connectivity index (χ1) is 8.95. The minimum absolute atomic E-state index is 0.215. The summed E-state index contributed by atoms with van der Waals surface area (Å²) in [4.78, 5) is 22.4. The number of carboxylic acids is 1. The molecule has 0 fully saturated rings. The fourth-order valence-electron chi connectivity index (χ4n) is 1.58. The Labute approximate surface area is 111 Å². The molecule has 5 N–H and O–H groups in total. The standard InChI is InChI=1S/C13H18N2O4/c1-2-3-4-10(14)12(17)15-8-5-6-9(13(18)19)11(16)7-8/h5-7,10,16H,2-4,14H2,1H3,(H,15,17)(H,18,19)/t10-/m0/s1. The van der Waals surface area contributed by atoms with Crippen molar-refractivity contribution in [3.8, 4) is 5.75 Å². The van der Waals surface area contributed by atoms with Crippen LogP contribution in [0.3, 0.4) is 0 Å². The van der Waals surface area contributed by atoms with Gasteiger partial charge >= 0.3 is 5.97 Å². The first kappa shape index (κ1) is 15.0. The molecule has 0 saturated heterocycles. The normalized spacial score (nSPS) is 11.9. The van der Waals surface area contributed by atoms with Crippen LogP contribution in [0.4, 0.5) is 5.69 Å². The van der Waals surface area contributed by atoms with E-state index < -0.39 is 17.8 Å². The average molecular weight is 266 g/mol. The molecule has 1 aromatic rings. The maximum absolute atomic E-state index is 11.7. The number of anilines is 1. The molecular formula is C13H18N2O4. The third kappa shape index (κ3) is 4.26. The predicted molar refractivity (Wildman–Crippen MR) is 71.2 cm³/mol. The smallest absolute Gasteiger partial charge is 0.339 e. The first-order valence-electron chi connectivity index (χ1n) is 6.08. The summed E-state index contributed by atoms with van der Waals surface area (Å²) >= 11 is 0. The summed E-state index contributed by atoms with van der Waals surface area (Å²) in [6, 6.07) is 3.22. The summed E-state index contributed by atoms with van der Waals surface area (Å²) in [6.45, 7) is 2.01. The van der Waals surface area contributed by atoms with Gasteiger partial charge in [0.15, 0.2) is 0 Å². The Morgan fingerprint density at radius 1 is 1.42 bits per heavy atom. The highest BCUT2D eigenvalue weighted by Gasteiger charge is 2.15. The maximum Gasteiger partial charge on any atom is 0.339 e. The molecule has 6 heteroatoms. The molecule has 1 rings (SSSR count). The Kier molecular flexibility index (Phi) is 5.32. The Balaban J connectivity index is 2.70. The molecule has 0 radical (unpaired) electrons. The van der Waals surface area contributed by atoms with Gasteiger partial charge in [0.2, 0.25) is 5.91 Å². The summed E-state index contributed by atoms with van der Waals surface area (Å²) in [7, 11) is 0. The van der Waals surface area contributed by atoms with E-state index in [-0.39, 0.29) is 11.5 Å². The van der Waals surface area contributed by atoms with E-state index >= 15 is 0 Å². The predicted octanol–water partition coefficient (Wildman–Crippen LogP) is 1.55. The zero-order chi connectivity index (χ0) is 14.4. The van der Waals surface area contributed by atoms with Gasteiger partial charge in [-0.2, -0.15) is 0 Å². The molecule has 1 aromatic carbocycles. The SMILES string of the molecule is CCCC[C@H](N)C(=O)Nc1ccc(C(=O)O)c(O)c1. The molecule has 1 amide bonds. The van der Waals surface area contributed by atoms with E-state index in [2.05, 4.69) is 5.32 Å². The van der Waals surface area contributed by atoms with Crippen LogP contribution in [0.1, 0.15) is 36.5 Å². The summed E-state index contributed by atoms with van der Waals surface area (Å²) in [5, 5.41) is 20.8. The Bertz CT molecular complexity index is 474. The van der Waals surface area contributed by atoms with Gasteiger partial charge in [0.05, 0.1) is 6.04 Å². The zero-order valence-electron chi connectivity index (χ0n) is 10.7. The van der Waals surface area contributed by atoms with Crippen molar-refractivity contribution >= 4 is 17.6 Å². The maximum atomic E-state index is 11.7. The van der Waals surface area contributed by atoms with Gasteiger partial charge in [-0.15, -0.1) is 0 Å². The molecular weight excluding hydrogens is 248 g/mol. The number of hydrogen-bond donors (Lipinski definition) is 4. The molecule has 0 aromatic heterocycles. The lowest BCUT2D eigenvalue weighted by Crippen LogP contribution is -2.35. The van der Waals surface area contributed by atoms with Gasteiger partial charge in [0, 0.05) is 11.8 Å². The lowest BCUT2D eigenvalue weighted by molar-refractivity contribution is -0.117. The van der Waals surface area contributed by atoms with Gasteiger partial charge in [-0.3, -0.25) is 4.79 Å². The van der Waals surface area contributed by atoms with Crippen molar-refractivity contribution in [2.24, 2.45) is 5.73 Å². The number of aromatic hydroxyl groups is 1. The fraction of sp³-hybridized carbons (Fsp3) is 0.385. The number of hydrogen-bond acceptors (Lipinski definition) is 4. The van der Waals surface area contributed by atoms with Crippen LogP contribution in [0, 0.1) is 0 Å². The number of nitrogens with one attached hydrogen (secondary N) is 1. The number of amides is 1. The van der Waals surface area contributed by atoms with Crippen molar-refractivity contribution in [2.45, 2.75) is 32.2 Å². The van der Waals surface area contributed by atoms with E-state index in [1.54, 1.807) is 0 Å². The minimum atomic E-state index is -1.23. The number of carbonyl (C=O) groups is 2. The van der Waals surface area contributed by atoms with Crippen LogP contribution < -0.4 is 11.1 Å².